The maximum absolute atomic E-state index is 3.49. The van der Waals surface area contributed by atoms with Gasteiger partial charge in [0.2, 0.25) is 0 Å². The fraction of sp³-hybridized carbons (Fsp3) is 1.00. The van der Waals surface area contributed by atoms with Gasteiger partial charge in [-0.05, 0) is 62.9 Å². The monoisotopic (exact) mass is 277 g/mol. The Morgan fingerprint density at radius 2 is 1.45 bits per heavy atom. The molecule has 4 rings (SSSR count). The molecule has 1 saturated carbocycles. The van der Waals surface area contributed by atoms with Crippen LogP contribution < -0.4 is 5.32 Å². The highest BCUT2D eigenvalue weighted by Gasteiger charge is 2.48. The van der Waals surface area contributed by atoms with Gasteiger partial charge < -0.3 is 5.32 Å². The second kappa shape index (κ2) is 5.26. The van der Waals surface area contributed by atoms with Crippen molar-refractivity contribution < 1.29 is 0 Å². The molecule has 1 spiro atoms. The van der Waals surface area contributed by atoms with Gasteiger partial charge in [-0.1, -0.05) is 6.92 Å². The number of hydrogen-bond donors (Lipinski definition) is 1. The Hall–Kier alpha value is -0.120. The van der Waals surface area contributed by atoms with E-state index in [4.69, 9.17) is 0 Å². The van der Waals surface area contributed by atoms with E-state index < -0.39 is 0 Å². The third-order valence-electron chi connectivity index (χ3n) is 6.53. The van der Waals surface area contributed by atoms with E-state index in [-0.39, 0.29) is 0 Å². The molecular weight excluding hydrogens is 246 g/mol. The Kier molecular flexibility index (Phi) is 3.56. The average Bonchev–Trinajstić information content (AvgIpc) is 2.43. The van der Waals surface area contributed by atoms with Crippen LogP contribution in [-0.2, 0) is 0 Å². The first-order valence-electron chi connectivity index (χ1n) is 8.93. The number of rotatable bonds is 2. The summed E-state index contributed by atoms with van der Waals surface area (Å²) < 4.78 is 0. The Labute approximate surface area is 124 Å². The van der Waals surface area contributed by atoms with E-state index in [1.165, 1.54) is 77.8 Å². The summed E-state index contributed by atoms with van der Waals surface area (Å²) >= 11 is 0. The Balaban J connectivity index is 1.24. The van der Waals surface area contributed by atoms with E-state index in [1.807, 2.05) is 0 Å². The minimum absolute atomic E-state index is 0.734. The fourth-order valence-electron chi connectivity index (χ4n) is 5.19. The van der Waals surface area contributed by atoms with E-state index in [9.17, 15) is 0 Å². The largest absolute Gasteiger partial charge is 0.317 e. The van der Waals surface area contributed by atoms with Gasteiger partial charge in [0.15, 0.2) is 0 Å². The SMILES string of the molecule is CC1CN(C2CCC3(CC2)CN(C2CCNCC2)C3)C1. The number of nitrogens with zero attached hydrogens (tertiary/aromatic N) is 2. The van der Waals surface area contributed by atoms with Crippen LogP contribution in [0.3, 0.4) is 0 Å². The molecule has 3 heterocycles. The summed E-state index contributed by atoms with van der Waals surface area (Å²) in [5.74, 6) is 0.963. The molecule has 114 valence electrons. The van der Waals surface area contributed by atoms with Crippen LogP contribution in [0.2, 0.25) is 0 Å². The predicted molar refractivity (Wildman–Crippen MR) is 82.9 cm³/mol. The highest BCUT2D eigenvalue weighted by Crippen LogP contribution is 2.46. The lowest BCUT2D eigenvalue weighted by Crippen LogP contribution is -2.63. The van der Waals surface area contributed by atoms with Gasteiger partial charge >= 0.3 is 0 Å². The molecule has 0 amide bonds. The van der Waals surface area contributed by atoms with Crippen molar-refractivity contribution in [3.63, 3.8) is 0 Å². The molecule has 0 radical (unpaired) electrons. The molecule has 0 unspecified atom stereocenters. The molecule has 1 aliphatic carbocycles. The Bertz CT molecular complexity index is 328. The van der Waals surface area contributed by atoms with Crippen LogP contribution in [0.5, 0.6) is 0 Å². The van der Waals surface area contributed by atoms with Crippen molar-refractivity contribution >= 4 is 0 Å². The van der Waals surface area contributed by atoms with Gasteiger partial charge in [-0.2, -0.15) is 0 Å². The quantitative estimate of drug-likeness (QED) is 0.832. The van der Waals surface area contributed by atoms with Gasteiger partial charge in [-0.25, -0.2) is 0 Å². The maximum atomic E-state index is 3.49. The first-order chi connectivity index (χ1) is 9.74. The lowest BCUT2D eigenvalue weighted by Gasteiger charge is -2.58. The summed E-state index contributed by atoms with van der Waals surface area (Å²) in [5.41, 5.74) is 0.734. The highest BCUT2D eigenvalue weighted by molar-refractivity contribution is 5.02. The summed E-state index contributed by atoms with van der Waals surface area (Å²) in [7, 11) is 0. The lowest BCUT2D eigenvalue weighted by molar-refractivity contribution is -0.0813. The van der Waals surface area contributed by atoms with Gasteiger partial charge in [-0.3, -0.25) is 9.80 Å². The number of likely N-dealkylation sites (tertiary alicyclic amines) is 2. The molecular formula is C17H31N3. The maximum Gasteiger partial charge on any atom is 0.0120 e. The molecule has 0 aromatic carbocycles. The van der Waals surface area contributed by atoms with Gasteiger partial charge in [0.25, 0.3) is 0 Å². The van der Waals surface area contributed by atoms with Crippen molar-refractivity contribution in [2.45, 2.75) is 57.5 Å². The van der Waals surface area contributed by atoms with Crippen LogP contribution >= 0.6 is 0 Å². The minimum atomic E-state index is 0.734. The zero-order valence-electron chi connectivity index (χ0n) is 13.1. The molecule has 20 heavy (non-hydrogen) atoms. The Morgan fingerprint density at radius 1 is 0.850 bits per heavy atom. The van der Waals surface area contributed by atoms with Gasteiger partial charge in [0, 0.05) is 38.3 Å². The standard InChI is InChI=1S/C17H31N3/c1-14-10-19(11-14)15-2-6-17(7-3-15)12-20(13-17)16-4-8-18-9-5-16/h14-16,18H,2-13H2,1H3. The number of nitrogens with one attached hydrogen (secondary N) is 1. The van der Waals surface area contributed by atoms with Crippen LogP contribution in [0.15, 0.2) is 0 Å². The number of hydrogen-bond acceptors (Lipinski definition) is 3. The second-order valence-electron chi connectivity index (χ2n) is 8.18. The van der Waals surface area contributed by atoms with Crippen molar-refractivity contribution in [3.8, 4) is 0 Å². The van der Waals surface area contributed by atoms with E-state index in [1.54, 1.807) is 0 Å². The minimum Gasteiger partial charge on any atom is -0.317 e. The fourth-order valence-corrected chi connectivity index (χ4v) is 5.19. The third-order valence-corrected chi connectivity index (χ3v) is 6.53. The summed E-state index contributed by atoms with van der Waals surface area (Å²) in [4.78, 5) is 5.55. The van der Waals surface area contributed by atoms with Crippen LogP contribution in [0.1, 0.15) is 45.4 Å². The topological polar surface area (TPSA) is 18.5 Å². The molecule has 3 saturated heterocycles. The molecule has 0 bridgehead atoms. The average molecular weight is 277 g/mol. The predicted octanol–water partition coefficient (Wildman–Crippen LogP) is 1.93. The van der Waals surface area contributed by atoms with E-state index in [0.717, 1.165) is 23.4 Å². The van der Waals surface area contributed by atoms with Gasteiger partial charge in [0.1, 0.15) is 0 Å². The van der Waals surface area contributed by atoms with Crippen molar-refractivity contribution in [2.75, 3.05) is 39.3 Å². The van der Waals surface area contributed by atoms with Crippen LogP contribution in [0.25, 0.3) is 0 Å². The molecule has 0 aromatic heterocycles. The smallest absolute Gasteiger partial charge is 0.0120 e. The van der Waals surface area contributed by atoms with Crippen molar-refractivity contribution in [2.24, 2.45) is 11.3 Å². The van der Waals surface area contributed by atoms with Crippen molar-refractivity contribution in [3.05, 3.63) is 0 Å². The molecule has 3 heteroatoms. The third kappa shape index (κ3) is 2.42. The molecule has 4 aliphatic rings. The molecule has 0 atom stereocenters. The van der Waals surface area contributed by atoms with Crippen molar-refractivity contribution in [1.29, 1.82) is 0 Å². The normalized spacial score (nSPS) is 34.0. The molecule has 3 aliphatic heterocycles. The van der Waals surface area contributed by atoms with E-state index in [2.05, 4.69) is 22.0 Å². The molecule has 1 N–H and O–H groups in total. The van der Waals surface area contributed by atoms with Gasteiger partial charge in [-0.15, -0.1) is 0 Å². The first kappa shape index (κ1) is 13.5. The van der Waals surface area contributed by atoms with E-state index in [0.29, 0.717) is 0 Å². The molecule has 0 aromatic rings. The van der Waals surface area contributed by atoms with Crippen LogP contribution in [0.4, 0.5) is 0 Å². The van der Waals surface area contributed by atoms with Gasteiger partial charge in [0.05, 0.1) is 0 Å². The lowest BCUT2D eigenvalue weighted by atomic mass is 9.66. The zero-order valence-corrected chi connectivity index (χ0v) is 13.1. The summed E-state index contributed by atoms with van der Waals surface area (Å²) in [6.07, 6.45) is 8.72. The summed E-state index contributed by atoms with van der Waals surface area (Å²) in [5, 5.41) is 3.49. The Morgan fingerprint density at radius 3 is 2.05 bits per heavy atom. The van der Waals surface area contributed by atoms with Crippen LogP contribution in [-0.4, -0.2) is 61.2 Å². The molecule has 4 fully saturated rings. The summed E-state index contributed by atoms with van der Waals surface area (Å²) in [6.45, 7) is 10.5. The highest BCUT2D eigenvalue weighted by atomic mass is 15.3. The van der Waals surface area contributed by atoms with Crippen molar-refractivity contribution in [1.82, 2.24) is 15.1 Å². The first-order valence-corrected chi connectivity index (χ1v) is 8.93. The number of piperidine rings is 1. The van der Waals surface area contributed by atoms with Crippen LogP contribution in [0, 0.1) is 11.3 Å². The second-order valence-corrected chi connectivity index (χ2v) is 8.18. The zero-order chi connectivity index (χ0) is 13.6. The molecule has 3 nitrogen and oxygen atoms in total. The summed E-state index contributed by atoms with van der Waals surface area (Å²) in [6, 6.07) is 1.83. The van der Waals surface area contributed by atoms with E-state index >= 15 is 0 Å².